The summed E-state index contributed by atoms with van der Waals surface area (Å²) in [5.41, 5.74) is 25.5. The maximum atomic E-state index is 2.30. The van der Waals surface area contributed by atoms with Gasteiger partial charge in [0.05, 0.1) is 0 Å². The molecule has 0 saturated heterocycles. The Morgan fingerprint density at radius 3 is 1.16 bits per heavy atom. The molecule has 0 bridgehead atoms. The van der Waals surface area contributed by atoms with E-state index in [1.807, 2.05) is 6.07 Å². The molecule has 0 aliphatic heterocycles. The molecule has 0 N–H and O–H groups in total. The maximum absolute atomic E-state index is 2.30. The summed E-state index contributed by atoms with van der Waals surface area (Å²) in [6.45, 7) is 31.1. The van der Waals surface area contributed by atoms with Crippen molar-refractivity contribution in [3.05, 3.63) is 269 Å². The summed E-state index contributed by atoms with van der Waals surface area (Å²) < 4.78 is 11.0. The number of hydrogen-bond acceptors (Lipinski definition) is 0. The zero-order valence-electron chi connectivity index (χ0n) is 55.9. The van der Waals surface area contributed by atoms with Crippen molar-refractivity contribution in [3.63, 3.8) is 0 Å². The van der Waals surface area contributed by atoms with Gasteiger partial charge in [0.2, 0.25) is 28.5 Å². The molecule has 5 aromatic carbocycles. The Balaban J connectivity index is 0.000000172. The van der Waals surface area contributed by atoms with Gasteiger partial charge in [0.25, 0.3) is 0 Å². The molecule has 0 aliphatic carbocycles. The molecule has 0 saturated carbocycles. The lowest BCUT2D eigenvalue weighted by molar-refractivity contribution is -0.661. The van der Waals surface area contributed by atoms with Crippen LogP contribution in [0.5, 0.6) is 0 Å². The lowest BCUT2D eigenvalue weighted by Crippen LogP contribution is -2.32. The molecule has 446 valence electrons. The molecule has 86 heavy (non-hydrogen) atoms. The van der Waals surface area contributed by atoms with Crippen molar-refractivity contribution < 1.29 is 22.8 Å². The third kappa shape index (κ3) is 19.4. The molecular weight excluding hydrogens is 1040 g/mol. The van der Waals surface area contributed by atoms with E-state index >= 15 is 0 Å². The first kappa shape index (κ1) is 67.0. The van der Waals surface area contributed by atoms with E-state index in [9.17, 15) is 0 Å². The molecule has 0 fully saturated rings. The van der Waals surface area contributed by atoms with Crippen LogP contribution in [-0.4, -0.2) is 0 Å². The highest BCUT2D eigenvalue weighted by Gasteiger charge is 2.19. The minimum Gasteiger partial charge on any atom is -0.201 e. The van der Waals surface area contributed by atoms with Crippen molar-refractivity contribution >= 4 is 0 Å². The number of hydrogen-bond donors (Lipinski definition) is 0. The van der Waals surface area contributed by atoms with Gasteiger partial charge in [0.15, 0.2) is 31.0 Å². The molecular formula is C81H102N5+5. The highest BCUT2D eigenvalue weighted by Crippen LogP contribution is 2.27. The number of benzene rings is 5. The first-order chi connectivity index (χ1) is 40.9. The topological polar surface area (TPSA) is 19.4 Å². The number of rotatable bonds is 11. The van der Waals surface area contributed by atoms with Gasteiger partial charge in [-0.2, -0.15) is 0 Å². The van der Waals surface area contributed by atoms with E-state index in [-0.39, 0.29) is 0 Å². The Bertz CT molecular complexity index is 3770. The van der Waals surface area contributed by atoms with E-state index < -0.39 is 0 Å². The second kappa shape index (κ2) is 31.8. The maximum Gasteiger partial charge on any atom is 0.212 e. The monoisotopic (exact) mass is 1140 g/mol. The molecule has 10 rings (SSSR count). The van der Waals surface area contributed by atoms with Crippen LogP contribution in [0.3, 0.4) is 0 Å². The predicted octanol–water partition coefficient (Wildman–Crippen LogP) is 17.7. The first-order valence-electron chi connectivity index (χ1n) is 31.2. The van der Waals surface area contributed by atoms with Crippen LogP contribution in [0.25, 0.3) is 56.3 Å². The summed E-state index contributed by atoms with van der Waals surface area (Å²) in [6.07, 6.45) is 14.3. The minimum absolute atomic E-state index is 0.331. The largest absolute Gasteiger partial charge is 0.212 e. The van der Waals surface area contributed by atoms with Gasteiger partial charge in [-0.3, -0.25) is 0 Å². The molecule has 10 aromatic rings. The lowest BCUT2D eigenvalue weighted by atomic mass is 9.88. The molecule has 5 heteroatoms. The van der Waals surface area contributed by atoms with E-state index in [2.05, 4.69) is 368 Å². The van der Waals surface area contributed by atoms with Crippen LogP contribution < -0.4 is 22.8 Å². The quantitative estimate of drug-likeness (QED) is 0.115. The van der Waals surface area contributed by atoms with Crippen molar-refractivity contribution in [1.29, 1.82) is 0 Å². The van der Waals surface area contributed by atoms with Gasteiger partial charge < -0.3 is 0 Å². The number of nitrogens with zero attached hydrogens (tertiary/aromatic N) is 5. The summed E-state index contributed by atoms with van der Waals surface area (Å²) in [7, 11) is 10.6. The van der Waals surface area contributed by atoms with Crippen LogP contribution in [0.15, 0.2) is 219 Å². The molecule has 0 radical (unpaired) electrons. The van der Waals surface area contributed by atoms with Gasteiger partial charge in [0, 0.05) is 87.0 Å². The minimum atomic E-state index is 0.331. The smallest absolute Gasteiger partial charge is 0.201 e. The molecule has 0 atom stereocenters. The van der Waals surface area contributed by atoms with Gasteiger partial charge in [-0.05, 0) is 158 Å². The van der Waals surface area contributed by atoms with E-state index in [4.69, 9.17) is 0 Å². The van der Waals surface area contributed by atoms with E-state index in [0.29, 0.717) is 23.2 Å². The second-order valence-corrected chi connectivity index (χ2v) is 25.6. The molecule has 5 aromatic heterocycles. The van der Waals surface area contributed by atoms with Crippen molar-refractivity contribution in [2.45, 2.75) is 128 Å². The zero-order valence-corrected chi connectivity index (χ0v) is 55.9. The number of aryl methyl sites for hydroxylation is 10. The Hall–Kier alpha value is -8.15. The Labute approximate surface area is 520 Å². The highest BCUT2D eigenvalue weighted by atomic mass is 14.9. The van der Waals surface area contributed by atoms with Crippen molar-refractivity contribution in [3.8, 4) is 56.3 Å². The van der Waals surface area contributed by atoms with Crippen molar-refractivity contribution in [1.82, 2.24) is 0 Å². The predicted molar refractivity (Wildman–Crippen MR) is 363 cm³/mol. The highest BCUT2D eigenvalue weighted by molar-refractivity contribution is 5.64. The summed E-state index contributed by atoms with van der Waals surface area (Å²) in [4.78, 5) is 0. The molecule has 0 amide bonds. The van der Waals surface area contributed by atoms with Gasteiger partial charge >= 0.3 is 0 Å². The first-order valence-corrected chi connectivity index (χ1v) is 31.2. The summed E-state index contributed by atoms with van der Waals surface area (Å²) in [5.74, 6) is 1.85. The molecule has 0 spiro atoms. The fourth-order valence-electron chi connectivity index (χ4n) is 10.8. The van der Waals surface area contributed by atoms with Gasteiger partial charge in [-0.25, -0.2) is 22.8 Å². The third-order valence-corrected chi connectivity index (χ3v) is 15.8. The fraction of sp³-hybridized carbons (Fsp3) is 0.321. The molecule has 0 unspecified atom stereocenters. The lowest BCUT2D eigenvalue weighted by Gasteiger charge is -2.17. The average Bonchev–Trinajstić information content (AvgIpc) is 2.93. The molecule has 5 nitrogen and oxygen atoms in total. The summed E-state index contributed by atoms with van der Waals surface area (Å²) >= 11 is 0. The SMILES string of the molecule is CC(C)c1ccc(-c2ccccc2)[n+](C)c1.CCc1cc[n+](C)c(-c2ccccc2C)c1.Cc1ccccc1-c1cc(C(C)C)cc[n+]1C.Cc1ccccc1-c1ccc(CC(C)(C)C)c[n+]1C.Cc1ccccc1-c1ccc(CC(C)C)c[n+]1C. The van der Waals surface area contributed by atoms with E-state index in [1.165, 1.54) is 106 Å². The Kier molecular flexibility index (Phi) is 24.8. The second-order valence-electron chi connectivity index (χ2n) is 25.6. The molecule has 0 aliphatic rings. The van der Waals surface area contributed by atoms with Crippen LogP contribution in [0.4, 0.5) is 0 Å². The van der Waals surface area contributed by atoms with Gasteiger partial charge in [0.1, 0.15) is 35.2 Å². The standard InChI is InChI=1S/C18H24N.C17H22N.C16H20N.2C15H18N/c1-14-8-6-7-9-16(14)17-11-10-15(13-19(17)5)12-18(2,3)4;1-13(2)11-15-9-10-17(18(4)12-15)16-8-6-5-7-14(16)3;1-12(2)14-9-10-17(4)16(11-14)15-8-6-5-7-13(15)3;1-12(2)14-9-10-15(16(3)11-14)13-7-5-4-6-8-13;1-4-13-9-10-16(3)15(11-13)14-8-6-5-7-12(14)2/h6-11,13H,12H2,1-5H3;5-10,12-13H,11H2,1-4H3;5-12H,1-4H3;4-12H,1-3H3;5-11H,4H2,1-3H3/q5*+1. The van der Waals surface area contributed by atoms with Crippen LogP contribution >= 0.6 is 0 Å². The van der Waals surface area contributed by atoms with Gasteiger partial charge in [-0.15, -0.1) is 0 Å². The summed E-state index contributed by atoms with van der Waals surface area (Å²) in [5, 5.41) is 0. The number of aromatic nitrogens is 5. The third-order valence-electron chi connectivity index (χ3n) is 15.8. The van der Waals surface area contributed by atoms with Crippen molar-refractivity contribution in [2.24, 2.45) is 46.6 Å². The van der Waals surface area contributed by atoms with Crippen LogP contribution in [0, 0.1) is 39.0 Å². The van der Waals surface area contributed by atoms with Crippen molar-refractivity contribution in [2.75, 3.05) is 0 Å². The average molecular weight is 1150 g/mol. The van der Waals surface area contributed by atoms with E-state index in [1.54, 1.807) is 0 Å². The van der Waals surface area contributed by atoms with Crippen LogP contribution in [-0.2, 0) is 54.5 Å². The van der Waals surface area contributed by atoms with Crippen LogP contribution in [0.2, 0.25) is 0 Å². The zero-order chi connectivity index (χ0) is 62.7. The molecule has 5 heterocycles. The normalized spacial score (nSPS) is 11.0. The fourth-order valence-corrected chi connectivity index (χ4v) is 10.8. The van der Waals surface area contributed by atoms with Gasteiger partial charge in [-0.1, -0.05) is 160 Å². The van der Waals surface area contributed by atoms with E-state index in [0.717, 1.165) is 19.3 Å². The summed E-state index contributed by atoms with van der Waals surface area (Å²) in [6, 6.07) is 67.0. The Morgan fingerprint density at radius 1 is 0.349 bits per heavy atom. The van der Waals surface area contributed by atoms with Crippen LogP contribution in [0.1, 0.15) is 131 Å². The number of pyridine rings is 5. The Morgan fingerprint density at radius 2 is 0.744 bits per heavy atom.